The normalized spacial score (nSPS) is 24.2. The van der Waals surface area contributed by atoms with Crippen LogP contribution in [0.5, 0.6) is 5.75 Å². The molecule has 1 N–H and O–H groups in total. The van der Waals surface area contributed by atoms with Crippen molar-refractivity contribution in [1.82, 2.24) is 9.80 Å². The summed E-state index contributed by atoms with van der Waals surface area (Å²) in [6, 6.07) is 6.49. The molecule has 4 nitrogen and oxygen atoms in total. The van der Waals surface area contributed by atoms with E-state index >= 15 is 0 Å². The van der Waals surface area contributed by atoms with Gasteiger partial charge in [0.05, 0.1) is 0 Å². The minimum Gasteiger partial charge on any atom is -0.491 e. The number of piperidine rings is 1. The monoisotopic (exact) mass is 336 g/mol. The zero-order chi connectivity index (χ0) is 16.8. The molecule has 2 unspecified atom stereocenters. The zero-order valence-electron chi connectivity index (χ0n) is 14.4. The first-order valence-corrected chi connectivity index (χ1v) is 9.23. The summed E-state index contributed by atoms with van der Waals surface area (Å²) in [4.78, 5) is 4.99. The van der Waals surface area contributed by atoms with E-state index in [0.717, 1.165) is 13.1 Å². The van der Waals surface area contributed by atoms with Crippen LogP contribution in [0.15, 0.2) is 24.3 Å². The van der Waals surface area contributed by atoms with Gasteiger partial charge in [0.25, 0.3) is 0 Å². The lowest BCUT2D eigenvalue weighted by atomic mass is 10.1. The summed E-state index contributed by atoms with van der Waals surface area (Å²) in [7, 11) is 0. The standard InChI is InChI=1S/C19H29FN2O2/c20-16-6-8-19(9-7-16)24-15-18(23)14-22-12-4-5-17(22)13-21-10-2-1-3-11-21/h6-9,17-18,23H,1-5,10-15H2. The molecule has 2 fully saturated rings. The van der Waals surface area contributed by atoms with E-state index in [9.17, 15) is 9.50 Å². The molecule has 0 amide bonds. The average Bonchev–Trinajstić information content (AvgIpc) is 3.02. The highest BCUT2D eigenvalue weighted by atomic mass is 19.1. The van der Waals surface area contributed by atoms with Gasteiger partial charge < -0.3 is 14.7 Å². The van der Waals surface area contributed by atoms with E-state index in [1.165, 1.54) is 57.3 Å². The van der Waals surface area contributed by atoms with Crippen LogP contribution in [-0.2, 0) is 0 Å². The molecule has 0 radical (unpaired) electrons. The topological polar surface area (TPSA) is 35.9 Å². The van der Waals surface area contributed by atoms with Gasteiger partial charge in [-0.15, -0.1) is 0 Å². The van der Waals surface area contributed by atoms with Crippen molar-refractivity contribution >= 4 is 0 Å². The van der Waals surface area contributed by atoms with Crippen molar-refractivity contribution in [2.45, 2.75) is 44.2 Å². The van der Waals surface area contributed by atoms with E-state index in [1.54, 1.807) is 12.1 Å². The molecule has 2 aliphatic rings. The Morgan fingerprint density at radius 1 is 1.08 bits per heavy atom. The third kappa shape index (κ3) is 5.16. The first-order valence-electron chi connectivity index (χ1n) is 9.23. The molecule has 0 saturated carbocycles. The second kappa shape index (κ2) is 8.79. The lowest BCUT2D eigenvalue weighted by molar-refractivity contribution is 0.0554. The third-order valence-electron chi connectivity index (χ3n) is 5.12. The van der Waals surface area contributed by atoms with Crippen molar-refractivity contribution in [3.8, 4) is 5.75 Å². The summed E-state index contributed by atoms with van der Waals surface area (Å²) >= 11 is 0. The lowest BCUT2D eigenvalue weighted by Gasteiger charge is -2.33. The van der Waals surface area contributed by atoms with Crippen molar-refractivity contribution in [3.05, 3.63) is 30.1 Å². The highest BCUT2D eigenvalue weighted by molar-refractivity contribution is 5.22. The maximum absolute atomic E-state index is 12.9. The number of rotatable bonds is 7. The molecule has 0 aromatic heterocycles. The predicted molar refractivity (Wildman–Crippen MR) is 92.8 cm³/mol. The van der Waals surface area contributed by atoms with E-state index in [-0.39, 0.29) is 12.4 Å². The Morgan fingerprint density at radius 2 is 1.83 bits per heavy atom. The molecule has 24 heavy (non-hydrogen) atoms. The number of likely N-dealkylation sites (tertiary alicyclic amines) is 2. The van der Waals surface area contributed by atoms with Gasteiger partial charge in [0.15, 0.2) is 0 Å². The molecule has 5 heteroatoms. The first-order chi connectivity index (χ1) is 11.7. The Morgan fingerprint density at radius 3 is 2.58 bits per heavy atom. The van der Waals surface area contributed by atoms with E-state index in [2.05, 4.69) is 9.80 Å². The molecule has 2 aliphatic heterocycles. The summed E-state index contributed by atoms with van der Waals surface area (Å²) in [6.07, 6.45) is 5.93. The molecule has 134 valence electrons. The number of aliphatic hydroxyl groups excluding tert-OH is 1. The van der Waals surface area contributed by atoms with E-state index in [1.807, 2.05) is 0 Å². The number of halogens is 1. The van der Waals surface area contributed by atoms with Crippen molar-refractivity contribution in [2.24, 2.45) is 0 Å². The number of β-amino-alcohol motifs (C(OH)–C–C–N with tert-alkyl or cyclic N) is 1. The molecule has 0 aliphatic carbocycles. The smallest absolute Gasteiger partial charge is 0.123 e. The highest BCUT2D eigenvalue weighted by Crippen LogP contribution is 2.20. The Balaban J connectivity index is 1.42. The van der Waals surface area contributed by atoms with Gasteiger partial charge in [-0.25, -0.2) is 4.39 Å². The lowest BCUT2D eigenvalue weighted by Crippen LogP contribution is -2.45. The molecular weight excluding hydrogens is 307 g/mol. The Bertz CT molecular complexity index is 491. The fourth-order valence-corrected chi connectivity index (χ4v) is 3.83. The average molecular weight is 336 g/mol. The Hall–Kier alpha value is -1.17. The van der Waals surface area contributed by atoms with Crippen molar-refractivity contribution in [3.63, 3.8) is 0 Å². The van der Waals surface area contributed by atoms with Crippen molar-refractivity contribution in [2.75, 3.05) is 39.3 Å². The van der Waals surface area contributed by atoms with Crippen LogP contribution in [0, 0.1) is 5.82 Å². The minimum atomic E-state index is -0.517. The van der Waals surface area contributed by atoms with Gasteiger partial charge in [0.1, 0.15) is 24.3 Å². The van der Waals surface area contributed by atoms with Gasteiger partial charge >= 0.3 is 0 Å². The number of nitrogens with zero attached hydrogens (tertiary/aromatic N) is 2. The van der Waals surface area contributed by atoms with E-state index in [0.29, 0.717) is 18.3 Å². The number of benzene rings is 1. The van der Waals surface area contributed by atoms with Gasteiger partial charge in [0.2, 0.25) is 0 Å². The number of ether oxygens (including phenoxy) is 1. The quantitative estimate of drug-likeness (QED) is 0.830. The van der Waals surface area contributed by atoms with Crippen LogP contribution in [0.4, 0.5) is 4.39 Å². The van der Waals surface area contributed by atoms with Gasteiger partial charge in [0, 0.05) is 19.1 Å². The SMILES string of the molecule is OC(COc1ccc(F)cc1)CN1CCCC1CN1CCCCC1. The maximum atomic E-state index is 12.9. The van der Waals surface area contributed by atoms with Crippen LogP contribution in [0.3, 0.4) is 0 Å². The third-order valence-corrected chi connectivity index (χ3v) is 5.12. The van der Waals surface area contributed by atoms with Crippen LogP contribution in [0.25, 0.3) is 0 Å². The molecule has 2 heterocycles. The van der Waals surface area contributed by atoms with Crippen LogP contribution < -0.4 is 4.74 Å². The van der Waals surface area contributed by atoms with Crippen LogP contribution in [0.1, 0.15) is 32.1 Å². The molecule has 1 aromatic carbocycles. The molecule has 0 spiro atoms. The fraction of sp³-hybridized carbons (Fsp3) is 0.684. The second-order valence-corrected chi connectivity index (χ2v) is 7.07. The molecular formula is C19H29FN2O2. The molecule has 0 bridgehead atoms. The number of hydrogen-bond donors (Lipinski definition) is 1. The number of hydrogen-bond acceptors (Lipinski definition) is 4. The van der Waals surface area contributed by atoms with Gasteiger partial charge in [-0.2, -0.15) is 0 Å². The summed E-state index contributed by atoms with van der Waals surface area (Å²) in [6.45, 7) is 5.54. The zero-order valence-corrected chi connectivity index (χ0v) is 14.4. The summed E-state index contributed by atoms with van der Waals surface area (Å²) < 4.78 is 18.4. The van der Waals surface area contributed by atoms with Gasteiger partial charge in [-0.05, 0) is 69.6 Å². The van der Waals surface area contributed by atoms with E-state index < -0.39 is 6.10 Å². The first kappa shape index (κ1) is 17.6. The van der Waals surface area contributed by atoms with E-state index in [4.69, 9.17) is 4.74 Å². The van der Waals surface area contributed by atoms with Crippen LogP contribution in [0.2, 0.25) is 0 Å². The summed E-state index contributed by atoms with van der Waals surface area (Å²) in [5.74, 6) is 0.322. The van der Waals surface area contributed by atoms with Crippen LogP contribution in [-0.4, -0.2) is 66.4 Å². The largest absolute Gasteiger partial charge is 0.491 e. The molecule has 3 rings (SSSR count). The van der Waals surface area contributed by atoms with Crippen LogP contribution >= 0.6 is 0 Å². The van der Waals surface area contributed by atoms with Crippen molar-refractivity contribution < 1.29 is 14.2 Å². The number of aliphatic hydroxyl groups is 1. The maximum Gasteiger partial charge on any atom is 0.123 e. The van der Waals surface area contributed by atoms with Gasteiger partial charge in [-0.1, -0.05) is 6.42 Å². The van der Waals surface area contributed by atoms with Gasteiger partial charge in [-0.3, -0.25) is 4.90 Å². The Kier molecular flexibility index (Phi) is 6.46. The highest BCUT2D eigenvalue weighted by Gasteiger charge is 2.28. The molecule has 1 aromatic rings. The predicted octanol–water partition coefficient (Wildman–Crippen LogP) is 2.52. The fourth-order valence-electron chi connectivity index (χ4n) is 3.83. The van der Waals surface area contributed by atoms with Crippen molar-refractivity contribution in [1.29, 1.82) is 0 Å². The minimum absolute atomic E-state index is 0.249. The second-order valence-electron chi connectivity index (χ2n) is 7.07. The Labute approximate surface area is 144 Å². The molecule has 2 atom stereocenters. The molecule has 2 saturated heterocycles. The summed E-state index contributed by atoms with van der Waals surface area (Å²) in [5, 5.41) is 10.3. The summed E-state index contributed by atoms with van der Waals surface area (Å²) in [5.41, 5.74) is 0.